The Hall–Kier alpha value is -3.62. The van der Waals surface area contributed by atoms with Crippen LogP contribution in [0.5, 0.6) is 0 Å². The summed E-state index contributed by atoms with van der Waals surface area (Å²) < 4.78 is 23.7. The summed E-state index contributed by atoms with van der Waals surface area (Å²) in [5, 5.41) is 13.9. The number of quaternary nitrogens is 1. The van der Waals surface area contributed by atoms with Crippen molar-refractivity contribution in [3.63, 3.8) is 0 Å². The van der Waals surface area contributed by atoms with Gasteiger partial charge in [-0.1, -0.05) is 250 Å². The standard InChI is InChI=1S/C66H111N2O6P/c1-6-8-10-12-14-16-18-20-22-24-25-26-27-28-29-30-31-32-33-34-35-36-37-38-39-40-41-42-43-44-46-48-50-52-54-56-58-60-66(70)67-64(63-74-75(71,72)73-62-61-68(3,4)5)65(69)59-57-55-53-51-49-47-45-23-21-19-17-15-13-11-9-7-2/h8,10,14,16,20,22,25-26,28-29,31-32,34-35,37-38,40-41,43-44,48,50,57,59,64-65,69H,6-7,9,11-13,15,17-19,21,23-24,27,30,33,36,39,42,45-47,49,51-56,58,60-63H2,1-5H3,(H-,67,70,71,72)/p+1/b10-8-,16-14-,22-20-,26-25-,29-28-,32-31-,35-34-,38-37-,41-40-,44-43-,50-48-,59-57+. The van der Waals surface area contributed by atoms with Gasteiger partial charge in [0.15, 0.2) is 0 Å². The largest absolute Gasteiger partial charge is 0.472 e. The Kier molecular flexibility index (Phi) is 52.5. The molecule has 3 N–H and O–H groups in total. The molecule has 3 unspecified atom stereocenters. The Morgan fingerprint density at radius 3 is 1.17 bits per heavy atom. The van der Waals surface area contributed by atoms with E-state index < -0.39 is 20.0 Å². The highest BCUT2D eigenvalue weighted by molar-refractivity contribution is 7.47. The molecule has 0 aromatic carbocycles. The summed E-state index contributed by atoms with van der Waals surface area (Å²) in [6, 6.07) is -0.875. The SMILES string of the molecule is CC/C=C\C/C=C\C/C=C\C/C=C\C/C=C\C/C=C\C/C=C\C/C=C\C/C=C\C/C=C\C/C=C\CCCCCC(=O)NC(COP(=O)(O)OCC[N+](C)(C)C)C(O)/C=C/CCCCCCCCCCCCCCCC. The molecule has 0 aliphatic heterocycles. The number of nitrogens with zero attached hydrogens (tertiary/aromatic N) is 1. The van der Waals surface area contributed by atoms with Crippen molar-refractivity contribution >= 4 is 13.7 Å². The van der Waals surface area contributed by atoms with Crippen molar-refractivity contribution in [2.45, 2.75) is 225 Å². The van der Waals surface area contributed by atoms with Crippen LogP contribution >= 0.6 is 7.82 Å². The number of amides is 1. The van der Waals surface area contributed by atoms with Crippen LogP contribution in [-0.4, -0.2) is 73.4 Å². The van der Waals surface area contributed by atoms with Crippen molar-refractivity contribution in [1.82, 2.24) is 5.32 Å². The molecule has 1 amide bonds. The van der Waals surface area contributed by atoms with Gasteiger partial charge in [-0.3, -0.25) is 13.8 Å². The van der Waals surface area contributed by atoms with E-state index in [1.54, 1.807) is 6.08 Å². The number of phosphoric acid groups is 1. The molecule has 0 radical (unpaired) electrons. The normalized spacial score (nSPS) is 14.9. The van der Waals surface area contributed by atoms with Crippen molar-refractivity contribution in [2.75, 3.05) is 40.9 Å². The molecule has 8 nitrogen and oxygen atoms in total. The minimum Gasteiger partial charge on any atom is -0.387 e. The predicted octanol–water partition coefficient (Wildman–Crippen LogP) is 18.5. The number of hydrogen-bond donors (Lipinski definition) is 3. The molecule has 75 heavy (non-hydrogen) atoms. The average Bonchev–Trinajstić information content (AvgIpc) is 3.37. The van der Waals surface area contributed by atoms with Crippen LogP contribution in [0.4, 0.5) is 0 Å². The summed E-state index contributed by atoms with van der Waals surface area (Å²) in [6.45, 7) is 4.66. The van der Waals surface area contributed by atoms with Gasteiger partial charge in [-0.2, -0.15) is 0 Å². The highest BCUT2D eigenvalue weighted by atomic mass is 31.2. The number of unbranched alkanes of at least 4 members (excludes halogenated alkanes) is 17. The maximum atomic E-state index is 13.0. The fourth-order valence-electron chi connectivity index (χ4n) is 7.69. The molecular weight excluding hydrogens is 948 g/mol. The molecule has 0 heterocycles. The highest BCUT2D eigenvalue weighted by Gasteiger charge is 2.27. The number of carbonyl (C=O) groups excluding carboxylic acids is 1. The number of hydrogen-bond acceptors (Lipinski definition) is 5. The molecule has 0 aliphatic carbocycles. The van der Waals surface area contributed by atoms with Crippen molar-refractivity contribution in [2.24, 2.45) is 0 Å². The third-order valence-electron chi connectivity index (χ3n) is 12.3. The van der Waals surface area contributed by atoms with Crippen molar-refractivity contribution < 1.29 is 32.9 Å². The van der Waals surface area contributed by atoms with Gasteiger partial charge >= 0.3 is 7.82 Å². The van der Waals surface area contributed by atoms with E-state index in [2.05, 4.69) is 153 Å². The summed E-state index contributed by atoms with van der Waals surface area (Å²) in [4.78, 5) is 23.3. The van der Waals surface area contributed by atoms with Gasteiger partial charge in [0, 0.05) is 6.42 Å². The first kappa shape index (κ1) is 71.4. The number of nitrogens with one attached hydrogen (secondary N) is 1. The van der Waals surface area contributed by atoms with Gasteiger partial charge in [0.2, 0.25) is 5.91 Å². The molecule has 3 atom stereocenters. The molecule has 0 aliphatic rings. The van der Waals surface area contributed by atoms with E-state index in [-0.39, 0.29) is 19.1 Å². The molecule has 0 aromatic rings. The lowest BCUT2D eigenvalue weighted by molar-refractivity contribution is -0.870. The number of phosphoric ester groups is 1. The zero-order chi connectivity index (χ0) is 54.9. The van der Waals surface area contributed by atoms with Gasteiger partial charge < -0.3 is 19.8 Å². The fourth-order valence-corrected chi connectivity index (χ4v) is 8.43. The van der Waals surface area contributed by atoms with Crippen LogP contribution in [-0.2, 0) is 18.4 Å². The second kappa shape index (κ2) is 55.1. The highest BCUT2D eigenvalue weighted by Crippen LogP contribution is 2.43. The number of aliphatic hydroxyl groups is 1. The molecule has 0 saturated carbocycles. The first-order valence-corrected chi connectivity index (χ1v) is 31.2. The number of carbonyl (C=O) groups is 1. The zero-order valence-corrected chi connectivity index (χ0v) is 49.4. The van der Waals surface area contributed by atoms with Gasteiger partial charge in [-0.25, -0.2) is 4.57 Å². The van der Waals surface area contributed by atoms with Crippen LogP contribution in [0.3, 0.4) is 0 Å². The van der Waals surface area contributed by atoms with Gasteiger partial charge in [-0.05, 0) is 103 Å². The van der Waals surface area contributed by atoms with Gasteiger partial charge in [0.05, 0.1) is 39.9 Å². The maximum Gasteiger partial charge on any atom is 0.472 e. The molecule has 0 saturated heterocycles. The summed E-state index contributed by atoms with van der Waals surface area (Å²) in [5.41, 5.74) is 0. The van der Waals surface area contributed by atoms with Crippen LogP contribution in [0, 0.1) is 0 Å². The molecule has 0 spiro atoms. The quantitative estimate of drug-likeness (QED) is 0.0243. The van der Waals surface area contributed by atoms with Gasteiger partial charge in [0.1, 0.15) is 13.2 Å². The van der Waals surface area contributed by atoms with E-state index in [9.17, 15) is 19.4 Å². The van der Waals surface area contributed by atoms with Crippen molar-refractivity contribution in [3.8, 4) is 0 Å². The first-order chi connectivity index (χ1) is 36.5. The zero-order valence-electron chi connectivity index (χ0n) is 48.5. The molecule has 0 bridgehead atoms. The summed E-state index contributed by atoms with van der Waals surface area (Å²) >= 11 is 0. The predicted molar refractivity (Wildman–Crippen MR) is 327 cm³/mol. The molecular formula is C66H112N2O6P+. The van der Waals surface area contributed by atoms with Gasteiger partial charge in [0.25, 0.3) is 0 Å². The number of likely N-dealkylation sites (N-methyl/N-ethyl adjacent to an activating group) is 1. The smallest absolute Gasteiger partial charge is 0.387 e. The number of allylic oxidation sites excluding steroid dienone is 23. The number of aliphatic hydroxyl groups excluding tert-OH is 1. The van der Waals surface area contributed by atoms with E-state index in [0.29, 0.717) is 23.9 Å². The molecule has 0 fully saturated rings. The van der Waals surface area contributed by atoms with Crippen molar-refractivity contribution in [1.29, 1.82) is 0 Å². The van der Waals surface area contributed by atoms with E-state index >= 15 is 0 Å². The lowest BCUT2D eigenvalue weighted by atomic mass is 10.0. The Balaban J connectivity index is 4.28. The minimum atomic E-state index is -4.37. The Morgan fingerprint density at radius 1 is 0.467 bits per heavy atom. The third-order valence-corrected chi connectivity index (χ3v) is 13.3. The molecule has 426 valence electrons. The van der Waals surface area contributed by atoms with E-state index in [0.717, 1.165) is 109 Å². The topological polar surface area (TPSA) is 105 Å². The van der Waals surface area contributed by atoms with E-state index in [1.165, 1.54) is 77.0 Å². The molecule has 9 heteroatoms. The third kappa shape index (κ3) is 57.9. The average molecular weight is 1060 g/mol. The maximum absolute atomic E-state index is 13.0. The lowest BCUT2D eigenvalue weighted by Gasteiger charge is -2.25. The summed E-state index contributed by atoms with van der Waals surface area (Å²) in [6.07, 6.45) is 85.2. The van der Waals surface area contributed by atoms with E-state index in [1.807, 2.05) is 27.2 Å². The fraction of sp³-hybridized carbons (Fsp3) is 0.621. The monoisotopic (exact) mass is 1060 g/mol. The van der Waals surface area contributed by atoms with E-state index in [4.69, 9.17) is 9.05 Å². The van der Waals surface area contributed by atoms with Crippen LogP contribution in [0.15, 0.2) is 146 Å². The summed E-state index contributed by atoms with van der Waals surface area (Å²) in [5.74, 6) is -0.215. The second-order valence-electron chi connectivity index (χ2n) is 20.6. The molecule has 0 aromatic heterocycles. The lowest BCUT2D eigenvalue weighted by Crippen LogP contribution is -2.45. The first-order valence-electron chi connectivity index (χ1n) is 29.7. The van der Waals surface area contributed by atoms with Crippen LogP contribution in [0.1, 0.15) is 213 Å². The van der Waals surface area contributed by atoms with Crippen LogP contribution < -0.4 is 5.32 Å². The molecule has 0 rings (SSSR count). The number of rotatable bonds is 52. The van der Waals surface area contributed by atoms with Crippen LogP contribution in [0.25, 0.3) is 0 Å². The Labute approximate surface area is 461 Å². The second-order valence-corrected chi connectivity index (χ2v) is 22.1. The summed E-state index contributed by atoms with van der Waals surface area (Å²) in [7, 11) is 1.53. The van der Waals surface area contributed by atoms with Crippen LogP contribution in [0.2, 0.25) is 0 Å². The van der Waals surface area contributed by atoms with Crippen molar-refractivity contribution in [3.05, 3.63) is 146 Å². The minimum absolute atomic E-state index is 0.0469. The Bertz CT molecular complexity index is 1720. The Morgan fingerprint density at radius 2 is 0.800 bits per heavy atom. The van der Waals surface area contributed by atoms with Gasteiger partial charge in [-0.15, -0.1) is 0 Å².